The van der Waals surface area contributed by atoms with E-state index in [0.29, 0.717) is 23.2 Å². The Balaban J connectivity index is 2.04. The van der Waals surface area contributed by atoms with Crippen LogP contribution in [0.1, 0.15) is 43.6 Å². The molecule has 1 atom stereocenters. The summed E-state index contributed by atoms with van der Waals surface area (Å²) in [6, 6.07) is 5.58. The van der Waals surface area contributed by atoms with Crippen LogP contribution in [0.4, 0.5) is 0 Å². The fourth-order valence-electron chi connectivity index (χ4n) is 1.89. The third-order valence-electron chi connectivity index (χ3n) is 3.04. The van der Waals surface area contributed by atoms with Crippen LogP contribution >= 0.6 is 0 Å². The Kier molecular flexibility index (Phi) is 5.16. The highest BCUT2D eigenvalue weighted by molar-refractivity contribution is 5.43. The van der Waals surface area contributed by atoms with Crippen LogP contribution in [0.3, 0.4) is 0 Å². The quantitative estimate of drug-likeness (QED) is 0.844. The van der Waals surface area contributed by atoms with Crippen LogP contribution in [-0.4, -0.2) is 17.3 Å². The van der Waals surface area contributed by atoms with Crippen molar-refractivity contribution in [3.63, 3.8) is 0 Å². The number of aryl methyl sites for hydroxylation is 1. The lowest BCUT2D eigenvalue weighted by molar-refractivity contribution is 0.268. The molecule has 1 heterocycles. The van der Waals surface area contributed by atoms with Crippen LogP contribution in [0.25, 0.3) is 0 Å². The first kappa shape index (κ1) is 15.3. The van der Waals surface area contributed by atoms with Crippen molar-refractivity contribution in [3.8, 4) is 11.5 Å². The Morgan fingerprint density at radius 2 is 2.14 bits per heavy atom. The van der Waals surface area contributed by atoms with Crippen LogP contribution in [0.2, 0.25) is 0 Å². The van der Waals surface area contributed by atoms with Crippen LogP contribution in [-0.2, 0) is 13.0 Å². The highest BCUT2D eigenvalue weighted by Gasteiger charge is 2.11. The van der Waals surface area contributed by atoms with Gasteiger partial charge in [0.05, 0.1) is 7.11 Å². The van der Waals surface area contributed by atoms with Crippen molar-refractivity contribution in [1.29, 1.82) is 0 Å². The molecule has 6 heteroatoms. The highest BCUT2D eigenvalue weighted by atomic mass is 16.5. The molecule has 0 saturated heterocycles. The smallest absolute Gasteiger partial charge is 0.226 e. The van der Waals surface area contributed by atoms with Crippen LogP contribution in [0.15, 0.2) is 22.7 Å². The number of rotatable bonds is 7. The molecular weight excluding hydrogens is 270 g/mol. The Morgan fingerprint density at radius 1 is 1.33 bits per heavy atom. The van der Waals surface area contributed by atoms with Gasteiger partial charge in [0.2, 0.25) is 11.7 Å². The van der Waals surface area contributed by atoms with E-state index in [0.717, 1.165) is 18.4 Å². The summed E-state index contributed by atoms with van der Waals surface area (Å²) in [6.45, 7) is 4.22. The summed E-state index contributed by atoms with van der Waals surface area (Å²) in [4.78, 5) is 4.25. The van der Waals surface area contributed by atoms with E-state index < -0.39 is 0 Å². The maximum absolute atomic E-state index is 5.85. The van der Waals surface area contributed by atoms with Crippen molar-refractivity contribution in [2.45, 2.75) is 39.3 Å². The van der Waals surface area contributed by atoms with Gasteiger partial charge < -0.3 is 19.7 Å². The molecule has 0 unspecified atom stereocenters. The first-order valence-electron chi connectivity index (χ1n) is 7.01. The van der Waals surface area contributed by atoms with Gasteiger partial charge in [0.25, 0.3) is 0 Å². The molecule has 0 amide bonds. The minimum absolute atomic E-state index is 0.0539. The molecule has 2 rings (SSSR count). The van der Waals surface area contributed by atoms with E-state index in [-0.39, 0.29) is 12.6 Å². The second-order valence-electron chi connectivity index (χ2n) is 4.84. The van der Waals surface area contributed by atoms with Crippen molar-refractivity contribution in [2.24, 2.45) is 5.73 Å². The van der Waals surface area contributed by atoms with E-state index in [4.69, 9.17) is 19.7 Å². The van der Waals surface area contributed by atoms with Gasteiger partial charge in [-0.05, 0) is 31.0 Å². The zero-order valence-electron chi connectivity index (χ0n) is 12.6. The topological polar surface area (TPSA) is 83.4 Å². The Bertz CT molecular complexity index is 581. The van der Waals surface area contributed by atoms with Crippen LogP contribution < -0.4 is 15.2 Å². The monoisotopic (exact) mass is 291 g/mol. The Labute approximate surface area is 124 Å². The molecule has 0 radical (unpaired) electrons. The van der Waals surface area contributed by atoms with Gasteiger partial charge in [-0.2, -0.15) is 4.98 Å². The van der Waals surface area contributed by atoms with Gasteiger partial charge in [0.15, 0.2) is 18.1 Å². The fourth-order valence-corrected chi connectivity index (χ4v) is 1.89. The van der Waals surface area contributed by atoms with Gasteiger partial charge in [-0.25, -0.2) is 0 Å². The number of aromatic nitrogens is 2. The summed E-state index contributed by atoms with van der Waals surface area (Å²) in [6.07, 6.45) is 1.74. The number of hydrogen-bond acceptors (Lipinski definition) is 6. The predicted octanol–water partition coefficient (Wildman–Crippen LogP) is 2.63. The number of methoxy groups -OCH3 is 1. The zero-order valence-corrected chi connectivity index (χ0v) is 12.6. The van der Waals surface area contributed by atoms with E-state index in [1.807, 2.05) is 25.1 Å². The van der Waals surface area contributed by atoms with Crippen molar-refractivity contribution in [3.05, 3.63) is 35.5 Å². The summed E-state index contributed by atoms with van der Waals surface area (Å²) >= 11 is 0. The normalized spacial score (nSPS) is 12.2. The number of benzene rings is 1. The molecule has 2 aromatic rings. The number of ether oxygens (including phenoxy) is 2. The lowest BCUT2D eigenvalue weighted by atomic mass is 10.1. The molecule has 1 aromatic heterocycles. The van der Waals surface area contributed by atoms with E-state index in [2.05, 4.69) is 17.1 Å². The first-order valence-corrected chi connectivity index (χ1v) is 7.01. The SMILES string of the molecule is CCCc1nc(COc2ccc([C@H](C)N)cc2OC)no1. The molecular formula is C15H21N3O3. The molecule has 0 saturated carbocycles. The maximum Gasteiger partial charge on any atom is 0.226 e. The van der Waals surface area contributed by atoms with Crippen molar-refractivity contribution < 1.29 is 14.0 Å². The van der Waals surface area contributed by atoms with Crippen LogP contribution in [0.5, 0.6) is 11.5 Å². The minimum atomic E-state index is -0.0539. The number of nitrogens with two attached hydrogens (primary N) is 1. The largest absolute Gasteiger partial charge is 0.493 e. The molecule has 0 bridgehead atoms. The molecule has 0 aliphatic rings. The van der Waals surface area contributed by atoms with E-state index in [1.54, 1.807) is 7.11 Å². The van der Waals surface area contributed by atoms with E-state index in [9.17, 15) is 0 Å². The minimum Gasteiger partial charge on any atom is -0.493 e. The lowest BCUT2D eigenvalue weighted by Gasteiger charge is -2.12. The molecule has 0 aliphatic heterocycles. The molecule has 2 N–H and O–H groups in total. The van der Waals surface area contributed by atoms with Crippen LogP contribution in [0, 0.1) is 0 Å². The highest BCUT2D eigenvalue weighted by Crippen LogP contribution is 2.30. The molecule has 1 aromatic carbocycles. The average Bonchev–Trinajstić information content (AvgIpc) is 2.93. The maximum atomic E-state index is 5.85. The van der Waals surface area contributed by atoms with Gasteiger partial charge in [0.1, 0.15) is 0 Å². The third kappa shape index (κ3) is 3.95. The third-order valence-corrected chi connectivity index (χ3v) is 3.04. The van der Waals surface area contributed by atoms with Gasteiger partial charge in [0, 0.05) is 12.5 Å². The van der Waals surface area contributed by atoms with Crippen molar-refractivity contribution in [1.82, 2.24) is 10.1 Å². The molecule has 0 fully saturated rings. The summed E-state index contributed by atoms with van der Waals surface area (Å²) in [5.41, 5.74) is 6.84. The predicted molar refractivity (Wildman–Crippen MR) is 78.2 cm³/mol. The average molecular weight is 291 g/mol. The number of hydrogen-bond donors (Lipinski definition) is 1. The lowest BCUT2D eigenvalue weighted by Crippen LogP contribution is -2.06. The summed E-state index contributed by atoms with van der Waals surface area (Å²) in [5, 5.41) is 3.88. The molecule has 0 aliphatic carbocycles. The van der Waals surface area contributed by atoms with Crippen molar-refractivity contribution in [2.75, 3.05) is 7.11 Å². The second-order valence-corrected chi connectivity index (χ2v) is 4.84. The van der Waals surface area contributed by atoms with Gasteiger partial charge >= 0.3 is 0 Å². The Hall–Kier alpha value is -2.08. The van der Waals surface area contributed by atoms with E-state index in [1.165, 1.54) is 0 Å². The molecule has 0 spiro atoms. The summed E-state index contributed by atoms with van der Waals surface area (Å²) in [7, 11) is 1.60. The summed E-state index contributed by atoms with van der Waals surface area (Å²) in [5.74, 6) is 2.43. The van der Waals surface area contributed by atoms with Gasteiger partial charge in [-0.1, -0.05) is 18.1 Å². The van der Waals surface area contributed by atoms with Crippen molar-refractivity contribution >= 4 is 0 Å². The standard InChI is InChI=1S/C15H21N3O3/c1-4-5-15-17-14(18-21-15)9-20-12-7-6-11(10(2)16)8-13(12)19-3/h6-8,10H,4-5,9,16H2,1-3H3/t10-/m0/s1. The second kappa shape index (κ2) is 7.08. The van der Waals surface area contributed by atoms with Gasteiger partial charge in [-0.15, -0.1) is 0 Å². The van der Waals surface area contributed by atoms with E-state index >= 15 is 0 Å². The first-order chi connectivity index (χ1) is 10.1. The molecule has 6 nitrogen and oxygen atoms in total. The summed E-state index contributed by atoms with van der Waals surface area (Å²) < 4.78 is 16.1. The van der Waals surface area contributed by atoms with Gasteiger partial charge in [-0.3, -0.25) is 0 Å². The molecule has 114 valence electrons. The fraction of sp³-hybridized carbons (Fsp3) is 0.467. The number of nitrogens with zero attached hydrogens (tertiary/aromatic N) is 2. The Morgan fingerprint density at radius 3 is 2.81 bits per heavy atom. The molecule has 21 heavy (non-hydrogen) atoms. The zero-order chi connectivity index (χ0) is 15.2.